The van der Waals surface area contributed by atoms with Gasteiger partial charge in [-0.3, -0.25) is 14.5 Å². The minimum atomic E-state index is -0.861. The number of para-hydroxylation sites is 2. The van der Waals surface area contributed by atoms with Gasteiger partial charge in [0.15, 0.2) is 0 Å². The van der Waals surface area contributed by atoms with E-state index < -0.39 is 11.6 Å². The first-order valence-corrected chi connectivity index (χ1v) is 12.3. The van der Waals surface area contributed by atoms with Crippen molar-refractivity contribution in [2.45, 2.75) is 59.2 Å². The topological polar surface area (TPSA) is 80.1 Å². The number of fused-ring (bicyclic) bond motifs is 1. The normalized spacial score (nSPS) is 12.4. The first-order chi connectivity index (χ1) is 17.2. The van der Waals surface area contributed by atoms with Gasteiger partial charge in [0.1, 0.15) is 18.1 Å². The number of carbonyl (C=O) groups excluding carboxylic acids is 2. The average molecular weight is 484 g/mol. The average Bonchev–Trinajstić information content (AvgIpc) is 3.26. The highest BCUT2D eigenvalue weighted by molar-refractivity contribution is 6.02. The van der Waals surface area contributed by atoms with Crippen LogP contribution in [0.25, 0.3) is 11.0 Å². The molecule has 0 saturated heterocycles. The van der Waals surface area contributed by atoms with Gasteiger partial charge in [-0.25, -0.2) is 4.68 Å². The number of nitrogens with one attached hydrogen (secondary N) is 1. The molecule has 0 spiro atoms. The molecule has 186 valence electrons. The molecule has 0 aliphatic rings. The Morgan fingerprint density at radius 1 is 0.944 bits per heavy atom. The summed E-state index contributed by atoms with van der Waals surface area (Å²) in [7, 11) is 0. The molecule has 4 rings (SSSR count). The first-order valence-electron chi connectivity index (χ1n) is 12.3. The van der Waals surface area contributed by atoms with E-state index in [1.54, 1.807) is 9.58 Å². The van der Waals surface area contributed by atoms with Gasteiger partial charge in [-0.05, 0) is 69.0 Å². The Morgan fingerprint density at radius 3 is 2.28 bits per heavy atom. The molecular formula is C29H33N5O2. The van der Waals surface area contributed by atoms with Crippen LogP contribution in [0.4, 0.5) is 5.69 Å². The second-order valence-electron chi connectivity index (χ2n) is 9.77. The number of aromatic nitrogens is 3. The molecule has 1 heterocycles. The molecule has 1 atom stereocenters. The van der Waals surface area contributed by atoms with Crippen LogP contribution in [0.1, 0.15) is 49.9 Å². The Kier molecular flexibility index (Phi) is 7.20. The zero-order valence-electron chi connectivity index (χ0n) is 21.5. The molecule has 2 amide bonds. The van der Waals surface area contributed by atoms with Gasteiger partial charge in [-0.1, -0.05) is 66.7 Å². The third-order valence-electron chi connectivity index (χ3n) is 6.68. The van der Waals surface area contributed by atoms with Gasteiger partial charge in [0.2, 0.25) is 11.8 Å². The smallest absolute Gasteiger partial charge is 0.249 e. The molecule has 7 nitrogen and oxygen atoms in total. The largest absolute Gasteiger partial charge is 0.349 e. The number of nitrogens with zero attached hydrogens (tertiary/aromatic N) is 4. The molecule has 1 aromatic heterocycles. The Hall–Kier alpha value is -4.00. The van der Waals surface area contributed by atoms with E-state index in [0.29, 0.717) is 11.2 Å². The molecule has 4 aromatic rings. The maximum absolute atomic E-state index is 14.1. The third-order valence-corrected chi connectivity index (χ3v) is 6.68. The number of anilines is 1. The van der Waals surface area contributed by atoms with Gasteiger partial charge in [0.25, 0.3) is 0 Å². The number of amides is 2. The van der Waals surface area contributed by atoms with E-state index in [1.165, 1.54) is 0 Å². The van der Waals surface area contributed by atoms with Crippen molar-refractivity contribution in [3.05, 3.63) is 89.5 Å². The first kappa shape index (κ1) is 25.1. The maximum Gasteiger partial charge on any atom is 0.249 e. The lowest BCUT2D eigenvalue weighted by atomic mass is 9.95. The van der Waals surface area contributed by atoms with E-state index in [2.05, 4.69) is 15.6 Å². The van der Waals surface area contributed by atoms with Crippen LogP contribution in [0.3, 0.4) is 0 Å². The van der Waals surface area contributed by atoms with Crippen LogP contribution in [0.2, 0.25) is 0 Å². The fourth-order valence-electron chi connectivity index (χ4n) is 4.27. The minimum absolute atomic E-state index is 0.0539. The van der Waals surface area contributed by atoms with Gasteiger partial charge in [-0.15, -0.1) is 5.10 Å². The molecule has 0 aliphatic carbocycles. The highest BCUT2D eigenvalue weighted by Crippen LogP contribution is 2.33. The van der Waals surface area contributed by atoms with Crippen molar-refractivity contribution < 1.29 is 9.59 Å². The van der Waals surface area contributed by atoms with Gasteiger partial charge in [-0.2, -0.15) is 0 Å². The fraction of sp³-hybridized carbons (Fsp3) is 0.310. The van der Waals surface area contributed by atoms with Crippen LogP contribution in [0, 0.1) is 13.8 Å². The van der Waals surface area contributed by atoms with Crippen LogP contribution in [0.15, 0.2) is 72.8 Å². The molecule has 0 aliphatic heterocycles. The molecule has 36 heavy (non-hydrogen) atoms. The number of rotatable bonds is 8. The zero-order chi connectivity index (χ0) is 25.9. The van der Waals surface area contributed by atoms with E-state index in [9.17, 15) is 9.59 Å². The van der Waals surface area contributed by atoms with Crippen molar-refractivity contribution in [3.63, 3.8) is 0 Å². The van der Waals surface area contributed by atoms with Crippen molar-refractivity contribution in [1.82, 2.24) is 20.3 Å². The summed E-state index contributed by atoms with van der Waals surface area (Å²) in [6.07, 6.45) is 0.752. The molecule has 3 aromatic carbocycles. The highest BCUT2D eigenvalue weighted by atomic mass is 16.2. The molecule has 1 unspecified atom stereocenters. The molecular weight excluding hydrogens is 450 g/mol. The van der Waals surface area contributed by atoms with E-state index in [-0.39, 0.29) is 18.4 Å². The molecule has 0 fully saturated rings. The van der Waals surface area contributed by atoms with E-state index >= 15 is 0 Å². The van der Waals surface area contributed by atoms with E-state index in [1.807, 2.05) is 107 Å². The fourth-order valence-corrected chi connectivity index (χ4v) is 4.27. The Balaban J connectivity index is 1.85. The van der Waals surface area contributed by atoms with Crippen molar-refractivity contribution in [2.24, 2.45) is 0 Å². The summed E-state index contributed by atoms with van der Waals surface area (Å²) in [5.74, 6) is -0.478. The number of hydrogen-bond acceptors (Lipinski definition) is 4. The zero-order valence-corrected chi connectivity index (χ0v) is 21.5. The van der Waals surface area contributed by atoms with Gasteiger partial charge >= 0.3 is 0 Å². The van der Waals surface area contributed by atoms with Crippen LogP contribution in [-0.4, -0.2) is 32.3 Å². The molecule has 0 radical (unpaired) electrons. The highest BCUT2D eigenvalue weighted by Gasteiger charge is 2.36. The summed E-state index contributed by atoms with van der Waals surface area (Å²) in [6.45, 7) is 9.86. The summed E-state index contributed by atoms with van der Waals surface area (Å²) in [5.41, 5.74) is 4.34. The predicted molar refractivity (Wildman–Crippen MR) is 143 cm³/mol. The summed E-state index contributed by atoms with van der Waals surface area (Å²) >= 11 is 0. The van der Waals surface area contributed by atoms with E-state index in [4.69, 9.17) is 0 Å². The lowest BCUT2D eigenvalue weighted by molar-refractivity contribution is -0.128. The monoisotopic (exact) mass is 483 g/mol. The van der Waals surface area contributed by atoms with Gasteiger partial charge in [0, 0.05) is 11.2 Å². The SMILES string of the molecule is CCC(C)(C)NC(=O)C(c1ccccc1C)N(C(=O)Cn1nnc2ccccc21)c1ccccc1C. The number of aryl methyl sites for hydroxylation is 2. The van der Waals surface area contributed by atoms with Crippen molar-refractivity contribution in [2.75, 3.05) is 4.90 Å². The molecule has 0 bridgehead atoms. The van der Waals surface area contributed by atoms with Crippen molar-refractivity contribution >= 4 is 28.5 Å². The Morgan fingerprint density at radius 2 is 1.58 bits per heavy atom. The van der Waals surface area contributed by atoms with Gasteiger partial charge in [0.05, 0.1) is 5.52 Å². The Labute approximate surface area is 212 Å². The quantitative estimate of drug-likeness (QED) is 0.377. The lowest BCUT2D eigenvalue weighted by Crippen LogP contribution is -2.51. The summed E-state index contributed by atoms with van der Waals surface area (Å²) < 4.78 is 1.59. The van der Waals surface area contributed by atoms with E-state index in [0.717, 1.165) is 28.6 Å². The molecule has 1 N–H and O–H groups in total. The maximum atomic E-state index is 14.1. The second-order valence-corrected chi connectivity index (χ2v) is 9.77. The summed E-state index contributed by atoms with van der Waals surface area (Å²) in [6, 6.07) is 22.0. The standard InChI is InChI=1S/C29H33N5O2/c1-6-29(4,5)30-28(36)27(22-15-9-7-13-20(22)2)34(24-17-11-8-14-21(24)3)26(35)19-33-25-18-12-10-16-23(25)31-32-33/h7-18,27H,6,19H2,1-5H3,(H,30,36). The summed E-state index contributed by atoms with van der Waals surface area (Å²) in [4.78, 5) is 29.7. The van der Waals surface area contributed by atoms with Crippen molar-refractivity contribution in [3.8, 4) is 0 Å². The number of benzene rings is 3. The van der Waals surface area contributed by atoms with Crippen LogP contribution < -0.4 is 10.2 Å². The summed E-state index contributed by atoms with van der Waals surface area (Å²) in [5, 5.41) is 11.6. The van der Waals surface area contributed by atoms with Crippen molar-refractivity contribution in [1.29, 1.82) is 0 Å². The van der Waals surface area contributed by atoms with Crippen LogP contribution in [-0.2, 0) is 16.1 Å². The Bertz CT molecular complexity index is 1390. The predicted octanol–water partition coefficient (Wildman–Crippen LogP) is 5.13. The molecule has 7 heteroatoms. The number of carbonyl (C=O) groups is 2. The number of hydrogen-bond donors (Lipinski definition) is 1. The molecule has 0 saturated carbocycles. The minimum Gasteiger partial charge on any atom is -0.349 e. The van der Waals surface area contributed by atoms with Crippen LogP contribution in [0.5, 0.6) is 0 Å². The van der Waals surface area contributed by atoms with Crippen LogP contribution >= 0.6 is 0 Å². The third kappa shape index (κ3) is 5.15. The van der Waals surface area contributed by atoms with Gasteiger partial charge < -0.3 is 5.32 Å². The lowest BCUT2D eigenvalue weighted by Gasteiger charge is -2.36. The second kappa shape index (κ2) is 10.3.